The molecule has 3 heteroatoms. The van der Waals surface area contributed by atoms with Gasteiger partial charge in [-0.1, -0.05) is 19.3 Å². The van der Waals surface area contributed by atoms with Crippen molar-refractivity contribution in [2.75, 3.05) is 0 Å². The molecule has 0 radical (unpaired) electrons. The van der Waals surface area contributed by atoms with Crippen molar-refractivity contribution >= 4 is 23.1 Å². The smallest absolute Gasteiger partial charge is 1.00 e. The van der Waals surface area contributed by atoms with E-state index in [4.69, 9.17) is 0 Å². The van der Waals surface area contributed by atoms with E-state index in [1.54, 1.807) is 0 Å². The predicted molar refractivity (Wildman–Crippen MR) is 19.6 cm³/mol. The first-order valence-corrected chi connectivity index (χ1v) is 1.50. The summed E-state index contributed by atoms with van der Waals surface area (Å²) >= 11 is 0. The van der Waals surface area contributed by atoms with Gasteiger partial charge in [-0.3, -0.25) is 0 Å². The summed E-state index contributed by atoms with van der Waals surface area (Å²) in [7, 11) is 0. The average molecular weight is 320 g/mol. The fourth-order valence-corrected chi connectivity index (χ4v) is 0. The quantitative estimate of drug-likeness (QED) is 0.309. The summed E-state index contributed by atoms with van der Waals surface area (Å²) in [4.78, 5) is 0. The topological polar surface area (TPSA) is 0 Å². The zero-order chi connectivity index (χ0) is 2.12. The van der Waals surface area contributed by atoms with Crippen molar-refractivity contribution in [3.63, 3.8) is 0 Å². The van der Waals surface area contributed by atoms with Crippen LogP contribution in [-0.4, -0.2) is 23.1 Å². The third-order valence-electron chi connectivity index (χ3n) is 0.354. The molecule has 0 bridgehead atoms. The molecule has 0 heterocycles. The second-order valence-electron chi connectivity index (χ2n) is 1.06. The Morgan fingerprint density at radius 2 is 0.833 bits per heavy atom. The van der Waals surface area contributed by atoms with Gasteiger partial charge in [-0.2, -0.15) is 0 Å². The number of halogens is 2. The van der Waals surface area contributed by atoms with Crippen molar-refractivity contribution in [3.8, 4) is 0 Å². The first kappa shape index (κ1) is 15.7. The van der Waals surface area contributed by atoms with E-state index in [0.29, 0.717) is 0 Å². The number of rotatable bonds is 0. The molecule has 0 saturated heterocycles. The Labute approximate surface area is 89.0 Å². The SMILES string of the molecule is C1CC1.[I-].[I-].[Mg+2]. The Hall–Kier alpha value is 2.23. The Morgan fingerprint density at radius 1 is 0.667 bits per heavy atom. The van der Waals surface area contributed by atoms with Crippen LogP contribution >= 0.6 is 0 Å². The van der Waals surface area contributed by atoms with Crippen molar-refractivity contribution in [1.29, 1.82) is 0 Å². The second kappa shape index (κ2) is 10.3. The number of hydrogen-bond acceptors (Lipinski definition) is 0. The van der Waals surface area contributed by atoms with Gasteiger partial charge in [0.2, 0.25) is 0 Å². The van der Waals surface area contributed by atoms with Gasteiger partial charge in [0.1, 0.15) is 0 Å². The summed E-state index contributed by atoms with van der Waals surface area (Å²) in [5.41, 5.74) is 0. The zero-order valence-corrected chi connectivity index (χ0v) is 9.31. The molecule has 1 saturated carbocycles. The van der Waals surface area contributed by atoms with Crippen LogP contribution in [0.3, 0.4) is 0 Å². The molecule has 0 aromatic heterocycles. The Morgan fingerprint density at radius 3 is 0.833 bits per heavy atom. The fourth-order valence-electron chi connectivity index (χ4n) is 0. The van der Waals surface area contributed by atoms with E-state index in [9.17, 15) is 0 Å². The molecule has 0 aliphatic heterocycles. The van der Waals surface area contributed by atoms with E-state index >= 15 is 0 Å². The van der Waals surface area contributed by atoms with Gasteiger partial charge in [-0.15, -0.1) is 0 Å². The van der Waals surface area contributed by atoms with Crippen molar-refractivity contribution < 1.29 is 48.0 Å². The third kappa shape index (κ3) is 16.3. The van der Waals surface area contributed by atoms with Crippen LogP contribution in [-0.2, 0) is 0 Å². The summed E-state index contributed by atoms with van der Waals surface area (Å²) in [6.45, 7) is 0. The molecule has 0 unspecified atom stereocenters. The first-order chi connectivity index (χ1) is 1.50. The van der Waals surface area contributed by atoms with Crippen molar-refractivity contribution in [2.45, 2.75) is 19.3 Å². The van der Waals surface area contributed by atoms with E-state index in [1.807, 2.05) is 0 Å². The summed E-state index contributed by atoms with van der Waals surface area (Å²) in [6.07, 6.45) is 4.50. The molecule has 0 atom stereocenters. The van der Waals surface area contributed by atoms with Crippen molar-refractivity contribution in [2.24, 2.45) is 0 Å². The molecule has 0 amide bonds. The van der Waals surface area contributed by atoms with Gasteiger partial charge in [-0.05, 0) is 0 Å². The molecule has 1 aliphatic rings. The molecule has 34 valence electrons. The van der Waals surface area contributed by atoms with E-state index in [2.05, 4.69) is 0 Å². The van der Waals surface area contributed by atoms with Crippen molar-refractivity contribution in [1.82, 2.24) is 0 Å². The Balaban J connectivity index is -0.0000000300. The van der Waals surface area contributed by atoms with Crippen LogP contribution in [0.15, 0.2) is 0 Å². The van der Waals surface area contributed by atoms with Gasteiger partial charge in [0, 0.05) is 0 Å². The van der Waals surface area contributed by atoms with Crippen LogP contribution in [0.25, 0.3) is 0 Å². The molecule has 0 N–H and O–H groups in total. The third-order valence-corrected chi connectivity index (χ3v) is 0.354. The van der Waals surface area contributed by atoms with Crippen LogP contribution in [0, 0.1) is 0 Å². The van der Waals surface area contributed by atoms with Crippen LogP contribution in [0.4, 0.5) is 0 Å². The van der Waals surface area contributed by atoms with Crippen LogP contribution in [0.1, 0.15) is 19.3 Å². The van der Waals surface area contributed by atoms with Gasteiger partial charge >= 0.3 is 23.1 Å². The first-order valence-electron chi connectivity index (χ1n) is 1.50. The molecule has 1 aliphatic carbocycles. The molecular weight excluding hydrogens is 314 g/mol. The average Bonchev–Trinajstić information content (AvgIpc) is 1.46. The summed E-state index contributed by atoms with van der Waals surface area (Å²) < 4.78 is 0. The van der Waals surface area contributed by atoms with Crippen LogP contribution in [0.5, 0.6) is 0 Å². The molecule has 0 aromatic rings. The second-order valence-corrected chi connectivity index (χ2v) is 1.06. The van der Waals surface area contributed by atoms with Crippen LogP contribution < -0.4 is 48.0 Å². The van der Waals surface area contributed by atoms with Gasteiger partial charge in [0.25, 0.3) is 0 Å². The summed E-state index contributed by atoms with van der Waals surface area (Å²) in [5.74, 6) is 0. The van der Waals surface area contributed by atoms with E-state index in [1.165, 1.54) is 19.3 Å². The molecule has 6 heavy (non-hydrogen) atoms. The van der Waals surface area contributed by atoms with E-state index in [-0.39, 0.29) is 71.0 Å². The predicted octanol–water partition coefficient (Wildman–Crippen LogP) is -5.20. The molecule has 1 rings (SSSR count). The minimum atomic E-state index is 0. The summed E-state index contributed by atoms with van der Waals surface area (Å²) in [5, 5.41) is 0. The maximum Gasteiger partial charge on any atom is 2.00 e. The van der Waals surface area contributed by atoms with Gasteiger partial charge in [-0.25, -0.2) is 0 Å². The molecule has 0 aromatic carbocycles. The van der Waals surface area contributed by atoms with Crippen molar-refractivity contribution in [3.05, 3.63) is 0 Å². The van der Waals surface area contributed by atoms with Gasteiger partial charge in [0.15, 0.2) is 0 Å². The van der Waals surface area contributed by atoms with Gasteiger partial charge in [0.05, 0.1) is 0 Å². The summed E-state index contributed by atoms with van der Waals surface area (Å²) in [6, 6.07) is 0. The minimum Gasteiger partial charge on any atom is -1.00 e. The Kier molecular flexibility index (Phi) is 26.9. The Bertz CT molecular complexity index is 13.5. The zero-order valence-electron chi connectivity index (χ0n) is 3.58. The van der Waals surface area contributed by atoms with Crippen LogP contribution in [0.2, 0.25) is 0 Å². The maximum absolute atomic E-state index is 1.50. The molecule has 1 fully saturated rings. The molecular formula is C3H6I2Mg. The van der Waals surface area contributed by atoms with E-state index in [0.717, 1.165) is 0 Å². The number of hydrogen-bond donors (Lipinski definition) is 0. The maximum atomic E-state index is 1.50. The minimum absolute atomic E-state index is 0. The van der Waals surface area contributed by atoms with E-state index < -0.39 is 0 Å². The monoisotopic (exact) mass is 320 g/mol. The molecule has 0 nitrogen and oxygen atoms in total. The fraction of sp³-hybridized carbons (Fsp3) is 1.00. The molecule has 0 spiro atoms. The standard InChI is InChI=1S/C3H6.2HI.Mg/c1-2-3-1;;;/h1-3H2;2*1H;/q;;;+2/p-2. The largest absolute Gasteiger partial charge is 2.00 e. The normalized spacial score (nSPS) is 12.0. The van der Waals surface area contributed by atoms with Gasteiger partial charge < -0.3 is 48.0 Å².